The monoisotopic (exact) mass is 244 g/mol. The molecule has 0 fully saturated rings. The molecule has 0 saturated carbocycles. The van der Waals surface area contributed by atoms with Gasteiger partial charge in [0.1, 0.15) is 12.4 Å². The van der Waals surface area contributed by atoms with Crippen LogP contribution in [-0.4, -0.2) is 43.2 Å². The molecule has 1 N–H and O–H groups in total. The van der Waals surface area contributed by atoms with Crippen LogP contribution in [0.3, 0.4) is 0 Å². The summed E-state index contributed by atoms with van der Waals surface area (Å²) in [6.45, 7) is 0.463. The van der Waals surface area contributed by atoms with E-state index < -0.39 is 0 Å². The Bertz CT molecular complexity index is 360. The first kappa shape index (κ1) is 12.7. The Kier molecular flexibility index (Phi) is 5.01. The molecule has 1 aromatic heterocycles. The second kappa shape index (κ2) is 6.30. The molecule has 88 valence electrons. The average Bonchev–Trinajstić information content (AvgIpc) is 2.27. The number of aliphatic hydroxyl groups is 1. The van der Waals surface area contributed by atoms with Crippen molar-refractivity contribution in [3.05, 3.63) is 17.3 Å². The summed E-state index contributed by atoms with van der Waals surface area (Å²) < 4.78 is 5.05. The fourth-order valence-corrected chi connectivity index (χ4v) is 1.32. The maximum atomic E-state index is 10.1. The van der Waals surface area contributed by atoms with E-state index in [2.05, 4.69) is 4.98 Å². The number of aliphatic hydroxyl groups excluding tert-OH is 1. The highest BCUT2D eigenvalue weighted by molar-refractivity contribution is 6.30. The van der Waals surface area contributed by atoms with E-state index in [1.807, 2.05) is 0 Å². The second-order valence-corrected chi connectivity index (χ2v) is 3.44. The zero-order valence-corrected chi connectivity index (χ0v) is 9.65. The normalized spacial score (nSPS) is 9.94. The van der Waals surface area contributed by atoms with Crippen LogP contribution < -0.4 is 9.64 Å². The number of halogens is 1. The minimum Gasteiger partial charge on any atom is -0.483 e. The van der Waals surface area contributed by atoms with Gasteiger partial charge in [-0.15, -0.1) is 0 Å². The molecule has 6 heteroatoms. The largest absolute Gasteiger partial charge is 0.483 e. The van der Waals surface area contributed by atoms with Crippen molar-refractivity contribution in [3.8, 4) is 5.75 Å². The number of hydrogen-bond acceptors (Lipinski definition) is 5. The van der Waals surface area contributed by atoms with Gasteiger partial charge in [0, 0.05) is 13.6 Å². The number of aldehydes is 1. The summed E-state index contributed by atoms with van der Waals surface area (Å²) >= 11 is 5.87. The molecule has 0 aliphatic carbocycles. The number of carbonyl (C=O) groups excluding carboxylic acids is 1. The summed E-state index contributed by atoms with van der Waals surface area (Å²) in [5.41, 5.74) is 0. The standard InChI is InChI=1S/C10H13ClN2O3/c1-13(4-5-14)9-3-2-8(10(11)12-9)16-7-6-15/h2-3,6,14H,4-5,7H2,1H3. The van der Waals surface area contributed by atoms with E-state index in [9.17, 15) is 4.79 Å². The number of anilines is 1. The Labute approximate surface area is 98.6 Å². The number of ether oxygens (including phenoxy) is 1. The average molecular weight is 245 g/mol. The van der Waals surface area contributed by atoms with Crippen LogP contribution in [0.1, 0.15) is 0 Å². The number of rotatable bonds is 6. The van der Waals surface area contributed by atoms with Crippen molar-refractivity contribution in [1.82, 2.24) is 4.98 Å². The van der Waals surface area contributed by atoms with Crippen LogP contribution in [0.4, 0.5) is 5.82 Å². The molecule has 0 unspecified atom stereocenters. The lowest BCUT2D eigenvalue weighted by Gasteiger charge is -2.17. The van der Waals surface area contributed by atoms with E-state index in [0.29, 0.717) is 24.4 Å². The Hall–Kier alpha value is -1.33. The van der Waals surface area contributed by atoms with Crippen LogP contribution >= 0.6 is 11.6 Å². The van der Waals surface area contributed by atoms with Gasteiger partial charge in [0.25, 0.3) is 0 Å². The number of pyridine rings is 1. The zero-order valence-electron chi connectivity index (χ0n) is 8.89. The molecule has 0 spiro atoms. The van der Waals surface area contributed by atoms with Crippen LogP contribution in [0, 0.1) is 0 Å². The van der Waals surface area contributed by atoms with Gasteiger partial charge in [-0.1, -0.05) is 11.6 Å². The van der Waals surface area contributed by atoms with Crippen molar-refractivity contribution in [1.29, 1.82) is 0 Å². The van der Waals surface area contributed by atoms with Gasteiger partial charge in [-0.2, -0.15) is 0 Å². The van der Waals surface area contributed by atoms with Crippen molar-refractivity contribution in [3.63, 3.8) is 0 Å². The molecule has 16 heavy (non-hydrogen) atoms. The lowest BCUT2D eigenvalue weighted by Crippen LogP contribution is -2.22. The van der Waals surface area contributed by atoms with Gasteiger partial charge in [0.15, 0.2) is 17.2 Å². The SMILES string of the molecule is CN(CCO)c1ccc(OCC=O)c(Cl)n1. The van der Waals surface area contributed by atoms with E-state index >= 15 is 0 Å². The maximum Gasteiger partial charge on any atom is 0.173 e. The fraction of sp³-hybridized carbons (Fsp3) is 0.400. The molecular formula is C10H13ClN2O3. The van der Waals surface area contributed by atoms with Crippen LogP contribution in [0.15, 0.2) is 12.1 Å². The van der Waals surface area contributed by atoms with Crippen molar-refractivity contribution in [2.45, 2.75) is 0 Å². The predicted octanol–water partition coefficient (Wildman–Crippen LogP) is 0.741. The van der Waals surface area contributed by atoms with Gasteiger partial charge in [-0.3, -0.25) is 4.79 Å². The quantitative estimate of drug-likeness (QED) is 0.591. The molecular weight excluding hydrogens is 232 g/mol. The zero-order chi connectivity index (χ0) is 12.0. The van der Waals surface area contributed by atoms with Gasteiger partial charge in [0.2, 0.25) is 0 Å². The Morgan fingerprint density at radius 1 is 1.62 bits per heavy atom. The lowest BCUT2D eigenvalue weighted by atomic mass is 10.4. The molecule has 0 aliphatic heterocycles. The number of hydrogen-bond donors (Lipinski definition) is 1. The summed E-state index contributed by atoms with van der Waals surface area (Å²) in [6.07, 6.45) is 0.641. The van der Waals surface area contributed by atoms with Crippen LogP contribution in [0.5, 0.6) is 5.75 Å². The topological polar surface area (TPSA) is 62.7 Å². The molecule has 0 atom stereocenters. The van der Waals surface area contributed by atoms with Gasteiger partial charge in [-0.25, -0.2) is 4.98 Å². The Balaban J connectivity index is 2.77. The number of nitrogens with zero attached hydrogens (tertiary/aromatic N) is 2. The van der Waals surface area contributed by atoms with E-state index in [4.69, 9.17) is 21.4 Å². The molecule has 0 amide bonds. The van der Waals surface area contributed by atoms with Crippen LogP contribution in [-0.2, 0) is 4.79 Å². The van der Waals surface area contributed by atoms with E-state index in [-0.39, 0.29) is 18.4 Å². The summed E-state index contributed by atoms with van der Waals surface area (Å²) in [5.74, 6) is 1.01. The summed E-state index contributed by atoms with van der Waals surface area (Å²) in [5, 5.41) is 8.97. The second-order valence-electron chi connectivity index (χ2n) is 3.08. The predicted molar refractivity (Wildman–Crippen MR) is 61.2 cm³/mol. The first-order valence-electron chi connectivity index (χ1n) is 4.74. The fourth-order valence-electron chi connectivity index (χ4n) is 1.12. The lowest BCUT2D eigenvalue weighted by molar-refractivity contribution is -0.109. The number of carbonyl (C=O) groups is 1. The smallest absolute Gasteiger partial charge is 0.173 e. The van der Waals surface area contributed by atoms with E-state index in [1.54, 1.807) is 24.1 Å². The Morgan fingerprint density at radius 2 is 2.38 bits per heavy atom. The van der Waals surface area contributed by atoms with Crippen LogP contribution in [0.25, 0.3) is 0 Å². The van der Waals surface area contributed by atoms with Crippen LogP contribution in [0.2, 0.25) is 5.15 Å². The third kappa shape index (κ3) is 3.36. The highest BCUT2D eigenvalue weighted by atomic mass is 35.5. The molecule has 5 nitrogen and oxygen atoms in total. The summed E-state index contributed by atoms with van der Waals surface area (Å²) in [4.78, 5) is 16.0. The Morgan fingerprint density at radius 3 is 2.94 bits per heavy atom. The molecule has 1 aromatic rings. The maximum absolute atomic E-state index is 10.1. The third-order valence-corrected chi connectivity index (χ3v) is 2.20. The number of aromatic nitrogens is 1. The molecule has 0 saturated heterocycles. The van der Waals surface area contributed by atoms with Crippen molar-refractivity contribution >= 4 is 23.7 Å². The summed E-state index contributed by atoms with van der Waals surface area (Å²) in [6, 6.07) is 3.35. The van der Waals surface area contributed by atoms with Crippen molar-refractivity contribution in [2.24, 2.45) is 0 Å². The molecule has 1 rings (SSSR count). The molecule has 0 aromatic carbocycles. The van der Waals surface area contributed by atoms with E-state index in [0.717, 1.165) is 0 Å². The van der Waals surface area contributed by atoms with E-state index in [1.165, 1.54) is 0 Å². The highest BCUT2D eigenvalue weighted by Gasteiger charge is 2.07. The minimum atomic E-state index is -0.0484. The van der Waals surface area contributed by atoms with Gasteiger partial charge >= 0.3 is 0 Å². The first-order valence-corrected chi connectivity index (χ1v) is 5.11. The molecule has 0 bridgehead atoms. The molecule has 1 heterocycles. The highest BCUT2D eigenvalue weighted by Crippen LogP contribution is 2.24. The first-order chi connectivity index (χ1) is 7.69. The molecule has 0 aliphatic rings. The minimum absolute atomic E-state index is 0.0409. The number of likely N-dealkylation sites (N-methyl/N-ethyl adjacent to an activating group) is 1. The van der Waals surface area contributed by atoms with Gasteiger partial charge < -0.3 is 14.7 Å². The van der Waals surface area contributed by atoms with Crippen molar-refractivity contribution < 1.29 is 14.6 Å². The van der Waals surface area contributed by atoms with Crippen molar-refractivity contribution in [2.75, 3.05) is 31.7 Å². The van der Waals surface area contributed by atoms with Gasteiger partial charge in [-0.05, 0) is 12.1 Å². The molecule has 0 radical (unpaired) electrons. The third-order valence-electron chi connectivity index (χ3n) is 1.93. The summed E-state index contributed by atoms with van der Waals surface area (Å²) in [7, 11) is 1.79. The van der Waals surface area contributed by atoms with Gasteiger partial charge in [0.05, 0.1) is 6.61 Å².